The number of amides is 2. The van der Waals surface area contributed by atoms with Crippen molar-refractivity contribution >= 4 is 45.4 Å². The number of carbonyl (C=O) groups is 4. The third kappa shape index (κ3) is 5.49. The summed E-state index contributed by atoms with van der Waals surface area (Å²) in [5, 5.41) is 1.94. The van der Waals surface area contributed by atoms with E-state index >= 15 is 0 Å². The van der Waals surface area contributed by atoms with E-state index in [-0.39, 0.29) is 16.4 Å². The van der Waals surface area contributed by atoms with Crippen LogP contribution in [0.2, 0.25) is 0 Å². The van der Waals surface area contributed by atoms with Crippen LogP contribution < -0.4 is 5.32 Å². The highest BCUT2D eigenvalue weighted by atomic mass is 32.2. The first kappa shape index (κ1) is 27.2. The van der Waals surface area contributed by atoms with Crippen LogP contribution in [-0.4, -0.2) is 60.7 Å². The van der Waals surface area contributed by atoms with E-state index < -0.39 is 57.4 Å². The van der Waals surface area contributed by atoms with Crippen molar-refractivity contribution in [3.63, 3.8) is 0 Å². The molecule has 40 heavy (non-hydrogen) atoms. The van der Waals surface area contributed by atoms with Gasteiger partial charge in [0, 0.05) is 11.1 Å². The van der Waals surface area contributed by atoms with Crippen LogP contribution in [0.3, 0.4) is 0 Å². The lowest BCUT2D eigenvalue weighted by Gasteiger charge is -2.49. The van der Waals surface area contributed by atoms with Gasteiger partial charge < -0.3 is 14.2 Å². The largest absolute Gasteiger partial charge is 0.453 e. The van der Waals surface area contributed by atoms with Gasteiger partial charge in [0.15, 0.2) is 23.8 Å². The van der Waals surface area contributed by atoms with Crippen molar-refractivity contribution in [2.24, 2.45) is 0 Å². The van der Waals surface area contributed by atoms with Gasteiger partial charge in [-0.2, -0.15) is 8.42 Å². The Hall–Kier alpha value is -4.42. The molecule has 3 aromatic rings. The Morgan fingerprint density at radius 1 is 0.875 bits per heavy atom. The van der Waals surface area contributed by atoms with Gasteiger partial charge in [-0.3, -0.25) is 19.3 Å². The van der Waals surface area contributed by atoms with E-state index in [1.165, 1.54) is 24.3 Å². The summed E-state index contributed by atoms with van der Waals surface area (Å²) in [6.45, 7) is -0.640. The Morgan fingerprint density at radius 2 is 1.45 bits per heavy atom. The predicted octanol–water partition coefficient (Wildman–Crippen LogP) is 2.74. The molecule has 5 rings (SSSR count). The summed E-state index contributed by atoms with van der Waals surface area (Å²) < 4.78 is 36.4. The summed E-state index contributed by atoms with van der Waals surface area (Å²) in [5.41, 5.74) is 0.231. The fourth-order valence-electron chi connectivity index (χ4n) is 4.13. The molecular weight excluding hydrogens is 556 g/mol. The summed E-state index contributed by atoms with van der Waals surface area (Å²) in [6, 6.07) is 22.8. The van der Waals surface area contributed by atoms with Crippen LogP contribution >= 0.6 is 11.8 Å². The normalized spacial score (nSPS) is 18.3. The van der Waals surface area contributed by atoms with E-state index in [0.717, 1.165) is 16.7 Å². The second-order valence-corrected chi connectivity index (χ2v) is 11.4. The van der Waals surface area contributed by atoms with E-state index in [4.69, 9.17) is 8.92 Å². The van der Waals surface area contributed by atoms with Crippen LogP contribution in [0.25, 0.3) is 0 Å². The van der Waals surface area contributed by atoms with Crippen LogP contribution in [0.4, 0.5) is 0 Å². The van der Waals surface area contributed by atoms with E-state index in [9.17, 15) is 27.6 Å². The lowest BCUT2D eigenvalue weighted by atomic mass is 10.0. The predicted molar refractivity (Wildman–Crippen MR) is 144 cm³/mol. The number of rotatable bonds is 9. The van der Waals surface area contributed by atoms with Gasteiger partial charge in [0.05, 0.1) is 5.75 Å². The van der Waals surface area contributed by atoms with Gasteiger partial charge in [0.2, 0.25) is 0 Å². The van der Waals surface area contributed by atoms with Gasteiger partial charge in [-0.25, -0.2) is 4.79 Å². The van der Waals surface area contributed by atoms with E-state index in [2.05, 4.69) is 5.32 Å². The maximum Gasteiger partial charge on any atom is 0.359 e. The lowest BCUT2D eigenvalue weighted by molar-refractivity contribution is -0.151. The average Bonchev–Trinajstić information content (AvgIpc) is 2.99. The third-order valence-corrected chi connectivity index (χ3v) is 8.65. The number of nitrogens with one attached hydrogen (secondary N) is 1. The molecular formula is C28H22N2O8S2. The minimum Gasteiger partial charge on any atom is -0.453 e. The second kappa shape index (κ2) is 11.4. The van der Waals surface area contributed by atoms with Crippen LogP contribution in [0.1, 0.15) is 20.7 Å². The number of nitrogens with zero attached hydrogens (tertiary/aromatic N) is 1. The molecule has 2 aliphatic rings. The molecule has 0 bridgehead atoms. The van der Waals surface area contributed by atoms with Gasteiger partial charge >= 0.3 is 16.1 Å². The number of hydrogen-bond donors (Lipinski definition) is 1. The Bertz CT molecular complexity index is 1590. The van der Waals surface area contributed by atoms with Crippen molar-refractivity contribution in [1.29, 1.82) is 0 Å². The molecule has 3 aromatic carbocycles. The maximum atomic E-state index is 13.3. The monoisotopic (exact) mass is 578 g/mol. The number of Topliss-reactive ketones (excluding diaryl/α,β-unsaturated/α-hetero) is 1. The number of β-lactam (4-membered cyclic amide) rings is 1. The zero-order chi connectivity index (χ0) is 28.3. The third-order valence-electron chi connectivity index (χ3n) is 6.12. The second-order valence-electron chi connectivity index (χ2n) is 8.71. The first-order chi connectivity index (χ1) is 19.3. The lowest BCUT2D eigenvalue weighted by Crippen LogP contribution is -2.70. The number of hydrogen-bond acceptors (Lipinski definition) is 9. The maximum absolute atomic E-state index is 13.3. The minimum atomic E-state index is -4.36. The van der Waals surface area contributed by atoms with Crippen molar-refractivity contribution in [3.05, 3.63) is 114 Å². The Balaban J connectivity index is 1.40. The quantitative estimate of drug-likeness (QED) is 0.176. The molecule has 2 atom stereocenters. The summed E-state index contributed by atoms with van der Waals surface area (Å²) in [6.07, 6.45) is 0. The summed E-state index contributed by atoms with van der Waals surface area (Å²) >= 11 is 1.12. The SMILES string of the molecule is O=C(OCC(=O)c1ccccc1)C1=C(OS(=O)(=O)c2ccccc2)CS[C@@H]2C(NC(=O)c3ccccc3)C(=O)N12. The number of ether oxygens (including phenoxy) is 1. The van der Waals surface area contributed by atoms with Crippen LogP contribution in [-0.2, 0) is 28.6 Å². The number of carbonyl (C=O) groups excluding carboxylic acids is 4. The van der Waals surface area contributed by atoms with Crippen molar-refractivity contribution in [2.45, 2.75) is 16.3 Å². The molecule has 2 aliphatic heterocycles. The van der Waals surface area contributed by atoms with E-state index in [1.807, 2.05) is 0 Å². The Labute approximate surface area is 234 Å². The first-order valence-corrected chi connectivity index (χ1v) is 14.5. The fourth-order valence-corrected chi connectivity index (χ4v) is 6.45. The number of fused-ring (bicyclic) bond motifs is 1. The van der Waals surface area contributed by atoms with Gasteiger partial charge in [-0.1, -0.05) is 66.7 Å². The summed E-state index contributed by atoms with van der Waals surface area (Å²) in [4.78, 5) is 52.5. The Kier molecular flexibility index (Phi) is 7.71. The van der Waals surface area contributed by atoms with Crippen molar-refractivity contribution in [1.82, 2.24) is 10.2 Å². The van der Waals surface area contributed by atoms with Crippen molar-refractivity contribution < 1.29 is 36.5 Å². The molecule has 1 N–H and O–H groups in total. The van der Waals surface area contributed by atoms with E-state index in [0.29, 0.717) is 11.1 Å². The summed E-state index contributed by atoms with van der Waals surface area (Å²) in [5.74, 6) is -3.15. The van der Waals surface area contributed by atoms with E-state index in [1.54, 1.807) is 66.7 Å². The number of ketones is 1. The highest BCUT2D eigenvalue weighted by Gasteiger charge is 2.55. The minimum absolute atomic E-state index is 0.116. The van der Waals surface area contributed by atoms with Crippen LogP contribution in [0.5, 0.6) is 0 Å². The highest BCUT2D eigenvalue weighted by Crippen LogP contribution is 2.42. The van der Waals surface area contributed by atoms with Gasteiger partial charge in [-0.15, -0.1) is 11.8 Å². The average molecular weight is 579 g/mol. The molecule has 0 aliphatic carbocycles. The number of thioether (sulfide) groups is 1. The molecule has 0 radical (unpaired) electrons. The molecule has 0 aromatic heterocycles. The number of esters is 1. The van der Waals surface area contributed by atoms with Crippen molar-refractivity contribution in [3.8, 4) is 0 Å². The smallest absolute Gasteiger partial charge is 0.359 e. The fraction of sp³-hybridized carbons (Fsp3) is 0.143. The van der Waals surface area contributed by atoms with Crippen LogP contribution in [0.15, 0.2) is 107 Å². The first-order valence-electron chi connectivity index (χ1n) is 12.0. The number of benzene rings is 3. The van der Waals surface area contributed by atoms with Gasteiger partial charge in [-0.05, 0) is 24.3 Å². The standard InChI is InChI=1S/C28H22N2O8S2/c31-21(18-10-4-1-5-11-18)16-37-28(34)24-22(38-40(35,36)20-14-8-3-9-15-20)17-39-27-23(26(33)30(24)27)29-25(32)19-12-6-2-7-13-19/h1-15,23,27H,16-17H2,(H,29,32)/t23?,27-/m1/s1. The Morgan fingerprint density at radius 3 is 2.08 bits per heavy atom. The van der Waals surface area contributed by atoms with Crippen molar-refractivity contribution in [2.75, 3.05) is 12.4 Å². The van der Waals surface area contributed by atoms with Gasteiger partial charge in [0.25, 0.3) is 11.8 Å². The van der Waals surface area contributed by atoms with Gasteiger partial charge in [0.1, 0.15) is 16.3 Å². The molecule has 0 spiro atoms. The molecule has 204 valence electrons. The summed E-state index contributed by atoms with van der Waals surface area (Å²) in [7, 11) is -4.36. The molecule has 2 heterocycles. The molecule has 12 heteroatoms. The molecule has 0 saturated carbocycles. The zero-order valence-electron chi connectivity index (χ0n) is 20.8. The molecule has 2 amide bonds. The molecule has 1 saturated heterocycles. The molecule has 10 nitrogen and oxygen atoms in total. The molecule has 1 unspecified atom stereocenters. The van der Waals surface area contributed by atoms with Crippen LogP contribution in [0, 0.1) is 0 Å². The molecule has 1 fully saturated rings. The highest BCUT2D eigenvalue weighted by molar-refractivity contribution is 8.00. The zero-order valence-corrected chi connectivity index (χ0v) is 22.4. The topological polar surface area (TPSA) is 136 Å².